The van der Waals surface area contributed by atoms with Gasteiger partial charge in [0, 0.05) is 40.1 Å². The molecular weight excluding hydrogens is 334 g/mol. The lowest BCUT2D eigenvalue weighted by Gasteiger charge is -2.38. The monoisotopic (exact) mass is 353 g/mol. The molecule has 2 heterocycles. The zero-order valence-electron chi connectivity index (χ0n) is 14.0. The van der Waals surface area contributed by atoms with Gasteiger partial charge in [0.05, 0.1) is 6.54 Å². The Bertz CT molecular complexity index is 949. The number of fused-ring (bicyclic) bond motifs is 3. The number of aromatic nitrogens is 1. The molecule has 0 spiro atoms. The van der Waals surface area contributed by atoms with Crippen LogP contribution in [0.15, 0.2) is 48.5 Å². The molecule has 2 aromatic carbocycles. The maximum atomic E-state index is 11.6. The Labute approximate surface area is 151 Å². The average Bonchev–Trinajstić information content (AvgIpc) is 2.98. The molecule has 1 aliphatic rings. The number of nitrogens with one attached hydrogen (secondary N) is 1. The molecule has 0 aliphatic carbocycles. The van der Waals surface area contributed by atoms with Crippen molar-refractivity contribution in [3.8, 4) is 0 Å². The number of H-pyrrole nitrogens is 1. The quantitative estimate of drug-likeness (QED) is 0.752. The van der Waals surface area contributed by atoms with E-state index in [0.29, 0.717) is 6.54 Å². The molecule has 4 nitrogen and oxygen atoms in total. The van der Waals surface area contributed by atoms with Crippen molar-refractivity contribution in [2.75, 3.05) is 13.1 Å². The van der Waals surface area contributed by atoms with Gasteiger partial charge in [-0.1, -0.05) is 48.0 Å². The number of para-hydroxylation sites is 1. The van der Waals surface area contributed by atoms with Gasteiger partial charge in [0.1, 0.15) is 0 Å². The summed E-state index contributed by atoms with van der Waals surface area (Å²) in [6, 6.07) is 16.3. The topological polar surface area (TPSA) is 62.1 Å². The Hall–Kier alpha value is -2.30. The maximum Gasteiger partial charge on any atom is 0.231 e. The van der Waals surface area contributed by atoms with Crippen LogP contribution in [0.4, 0.5) is 0 Å². The minimum atomic E-state index is -0.315. The van der Waals surface area contributed by atoms with Gasteiger partial charge in [0.15, 0.2) is 0 Å². The van der Waals surface area contributed by atoms with Crippen LogP contribution in [0.3, 0.4) is 0 Å². The second kappa shape index (κ2) is 6.21. The van der Waals surface area contributed by atoms with Crippen LogP contribution in [-0.4, -0.2) is 28.9 Å². The summed E-state index contributed by atoms with van der Waals surface area (Å²) >= 11 is 6.51. The van der Waals surface area contributed by atoms with E-state index in [2.05, 4.69) is 41.1 Å². The maximum absolute atomic E-state index is 11.6. The lowest BCUT2D eigenvalue weighted by Crippen LogP contribution is -2.42. The standard InChI is InChI=1S/C20H20ClN3O/c1-12-20-19(14-7-3-5-9-17(14)23-20)15(10-24(12)11-18(22)25)13-6-2-4-8-16(13)21/h2-9,12,15,23H,10-11H2,1H3,(H2,22,25). The van der Waals surface area contributed by atoms with Gasteiger partial charge in [0.25, 0.3) is 0 Å². The Morgan fingerprint density at radius 2 is 1.96 bits per heavy atom. The Morgan fingerprint density at radius 3 is 2.72 bits per heavy atom. The fourth-order valence-electron chi connectivity index (χ4n) is 3.97. The molecule has 5 heteroatoms. The van der Waals surface area contributed by atoms with Crippen molar-refractivity contribution >= 4 is 28.4 Å². The number of halogens is 1. The van der Waals surface area contributed by atoms with Crippen molar-refractivity contribution in [2.24, 2.45) is 5.73 Å². The number of carbonyl (C=O) groups is 1. The molecule has 128 valence electrons. The molecule has 2 unspecified atom stereocenters. The number of primary amides is 1. The van der Waals surface area contributed by atoms with E-state index in [1.54, 1.807) is 0 Å². The number of amides is 1. The predicted octanol–water partition coefficient (Wildman–Crippen LogP) is 3.82. The van der Waals surface area contributed by atoms with Crippen molar-refractivity contribution in [2.45, 2.75) is 18.9 Å². The van der Waals surface area contributed by atoms with Crippen LogP contribution in [0.2, 0.25) is 5.02 Å². The number of nitrogens with two attached hydrogens (primary N) is 1. The van der Waals surface area contributed by atoms with Gasteiger partial charge in [-0.2, -0.15) is 0 Å². The molecule has 1 aromatic heterocycles. The van der Waals surface area contributed by atoms with Crippen LogP contribution in [0.25, 0.3) is 10.9 Å². The van der Waals surface area contributed by atoms with Crippen LogP contribution < -0.4 is 5.73 Å². The normalized spacial score (nSPS) is 20.6. The van der Waals surface area contributed by atoms with Crippen molar-refractivity contribution < 1.29 is 4.79 Å². The fourth-order valence-corrected chi connectivity index (χ4v) is 4.24. The number of rotatable bonds is 3. The first-order chi connectivity index (χ1) is 12.1. The SMILES string of the molecule is CC1c2[nH]c3ccccc3c2C(c2ccccc2Cl)CN1CC(N)=O. The Morgan fingerprint density at radius 1 is 1.24 bits per heavy atom. The van der Waals surface area contributed by atoms with Gasteiger partial charge in [-0.25, -0.2) is 0 Å². The van der Waals surface area contributed by atoms with Crippen LogP contribution >= 0.6 is 11.6 Å². The van der Waals surface area contributed by atoms with Gasteiger partial charge in [-0.15, -0.1) is 0 Å². The molecular formula is C20H20ClN3O. The van der Waals surface area contributed by atoms with Gasteiger partial charge in [0.2, 0.25) is 5.91 Å². The molecule has 3 N–H and O–H groups in total. The Balaban J connectivity index is 1.93. The molecule has 1 amide bonds. The van der Waals surface area contributed by atoms with E-state index in [1.165, 1.54) is 10.9 Å². The predicted molar refractivity (Wildman–Crippen MR) is 101 cm³/mol. The van der Waals surface area contributed by atoms with Crippen LogP contribution in [0.5, 0.6) is 0 Å². The highest BCUT2D eigenvalue weighted by atomic mass is 35.5. The van der Waals surface area contributed by atoms with Gasteiger partial charge in [-0.3, -0.25) is 9.69 Å². The van der Waals surface area contributed by atoms with Crippen molar-refractivity contribution in [1.29, 1.82) is 0 Å². The van der Waals surface area contributed by atoms with Crippen LogP contribution in [-0.2, 0) is 4.79 Å². The summed E-state index contributed by atoms with van der Waals surface area (Å²) < 4.78 is 0. The largest absolute Gasteiger partial charge is 0.369 e. The molecule has 0 saturated carbocycles. The smallest absolute Gasteiger partial charge is 0.231 e. The summed E-state index contributed by atoms with van der Waals surface area (Å²) in [5, 5.41) is 1.96. The van der Waals surface area contributed by atoms with E-state index >= 15 is 0 Å². The summed E-state index contributed by atoms with van der Waals surface area (Å²) in [4.78, 5) is 17.2. The highest BCUT2D eigenvalue weighted by Crippen LogP contribution is 2.44. The van der Waals surface area contributed by atoms with Crippen molar-refractivity contribution in [1.82, 2.24) is 9.88 Å². The highest BCUT2D eigenvalue weighted by Gasteiger charge is 2.35. The summed E-state index contributed by atoms with van der Waals surface area (Å²) in [6.45, 7) is 3.06. The van der Waals surface area contributed by atoms with E-state index in [4.69, 9.17) is 17.3 Å². The molecule has 0 fully saturated rings. The zero-order chi connectivity index (χ0) is 17.6. The second-order valence-electron chi connectivity index (χ2n) is 6.64. The number of hydrogen-bond acceptors (Lipinski definition) is 2. The molecule has 1 aliphatic heterocycles. The van der Waals surface area contributed by atoms with E-state index in [0.717, 1.165) is 21.8 Å². The summed E-state index contributed by atoms with van der Waals surface area (Å²) in [5.74, 6) is -0.222. The van der Waals surface area contributed by atoms with Crippen LogP contribution in [0, 0.1) is 0 Å². The first-order valence-corrected chi connectivity index (χ1v) is 8.81. The molecule has 0 bridgehead atoms. The average molecular weight is 354 g/mol. The van der Waals surface area contributed by atoms with Gasteiger partial charge in [-0.05, 0) is 30.2 Å². The molecule has 0 radical (unpaired) electrons. The highest BCUT2D eigenvalue weighted by molar-refractivity contribution is 6.31. The van der Waals surface area contributed by atoms with Gasteiger partial charge >= 0.3 is 0 Å². The van der Waals surface area contributed by atoms with Gasteiger partial charge < -0.3 is 10.7 Å². The first-order valence-electron chi connectivity index (χ1n) is 8.43. The third-order valence-electron chi connectivity index (χ3n) is 5.15. The molecule has 0 saturated heterocycles. The molecule has 2 atom stereocenters. The number of nitrogens with zero attached hydrogens (tertiary/aromatic N) is 1. The Kier molecular flexibility index (Phi) is 4.02. The van der Waals surface area contributed by atoms with Crippen molar-refractivity contribution in [3.05, 3.63) is 70.4 Å². The van der Waals surface area contributed by atoms with E-state index in [-0.39, 0.29) is 24.4 Å². The number of hydrogen-bond donors (Lipinski definition) is 2. The fraction of sp³-hybridized carbons (Fsp3) is 0.250. The number of carbonyl (C=O) groups excluding carboxylic acids is 1. The zero-order valence-corrected chi connectivity index (χ0v) is 14.8. The summed E-state index contributed by atoms with van der Waals surface area (Å²) in [5.41, 5.74) is 10.1. The minimum absolute atomic E-state index is 0.0913. The minimum Gasteiger partial charge on any atom is -0.369 e. The molecule has 3 aromatic rings. The molecule has 4 rings (SSSR count). The summed E-state index contributed by atoms with van der Waals surface area (Å²) in [6.07, 6.45) is 0. The lowest BCUT2D eigenvalue weighted by molar-refractivity contribution is -0.119. The second-order valence-corrected chi connectivity index (χ2v) is 7.05. The lowest BCUT2D eigenvalue weighted by atomic mass is 9.83. The van der Waals surface area contributed by atoms with E-state index in [1.807, 2.05) is 24.3 Å². The summed E-state index contributed by atoms with van der Waals surface area (Å²) in [7, 11) is 0. The third kappa shape index (κ3) is 2.71. The first kappa shape index (κ1) is 16.2. The van der Waals surface area contributed by atoms with Crippen LogP contribution in [0.1, 0.15) is 35.7 Å². The number of aromatic amines is 1. The third-order valence-corrected chi connectivity index (χ3v) is 5.49. The number of benzene rings is 2. The molecule has 25 heavy (non-hydrogen) atoms. The van der Waals surface area contributed by atoms with E-state index in [9.17, 15) is 4.79 Å². The van der Waals surface area contributed by atoms with E-state index < -0.39 is 0 Å². The van der Waals surface area contributed by atoms with Crippen molar-refractivity contribution in [3.63, 3.8) is 0 Å².